The van der Waals surface area contributed by atoms with Crippen LogP contribution in [-0.2, 0) is 15.9 Å². The molecule has 11 nitrogen and oxygen atoms in total. The van der Waals surface area contributed by atoms with Crippen LogP contribution in [0.1, 0.15) is 64.0 Å². The van der Waals surface area contributed by atoms with Crippen LogP contribution >= 0.6 is 0 Å². The van der Waals surface area contributed by atoms with Crippen LogP contribution in [0.3, 0.4) is 0 Å². The molecule has 0 aromatic heterocycles. The summed E-state index contributed by atoms with van der Waals surface area (Å²) >= 11 is 0. The molecule has 38 heavy (non-hydrogen) atoms. The first-order valence-electron chi connectivity index (χ1n) is 12.5. The number of phenols is 2. The predicted molar refractivity (Wildman–Crippen MR) is 134 cm³/mol. The lowest BCUT2D eigenvalue weighted by Gasteiger charge is -2.43. The minimum absolute atomic E-state index is 0.0419. The van der Waals surface area contributed by atoms with Crippen molar-refractivity contribution in [3.63, 3.8) is 0 Å². The molecule has 11 heteroatoms. The van der Waals surface area contributed by atoms with Crippen molar-refractivity contribution in [1.82, 2.24) is 0 Å². The molecule has 8 N–H and O–H groups in total. The van der Waals surface area contributed by atoms with E-state index >= 15 is 0 Å². The number of aromatic hydroxyl groups is 2. The van der Waals surface area contributed by atoms with Crippen LogP contribution in [-0.4, -0.2) is 87.3 Å². The smallest absolute Gasteiger partial charge is 0.198 e. The summed E-state index contributed by atoms with van der Waals surface area (Å²) < 4.78 is 17.2. The van der Waals surface area contributed by atoms with E-state index in [2.05, 4.69) is 0 Å². The van der Waals surface area contributed by atoms with Gasteiger partial charge in [0.2, 0.25) is 0 Å². The lowest BCUT2D eigenvalue weighted by Crippen LogP contribution is -2.58. The second-order valence-electron chi connectivity index (χ2n) is 10.3. The maximum Gasteiger partial charge on any atom is 0.198 e. The van der Waals surface area contributed by atoms with E-state index in [0.29, 0.717) is 0 Å². The number of fused-ring (bicyclic) bond motifs is 3. The van der Waals surface area contributed by atoms with Crippen LogP contribution in [0.15, 0.2) is 18.2 Å². The molecule has 1 aliphatic heterocycles. The van der Waals surface area contributed by atoms with Gasteiger partial charge in [0.05, 0.1) is 72.2 Å². The molecule has 2 aromatic carbocycles. The van der Waals surface area contributed by atoms with Gasteiger partial charge in [-0.1, -0.05) is 12.1 Å². The molecule has 4 unspecified atom stereocenters. The normalized spacial score (nSPS) is 30.4. The van der Waals surface area contributed by atoms with Crippen LogP contribution in [0.4, 0.5) is 0 Å². The summed E-state index contributed by atoms with van der Waals surface area (Å²) in [5, 5.41) is 63.3. The van der Waals surface area contributed by atoms with Crippen LogP contribution in [0, 0.1) is 5.41 Å². The lowest BCUT2D eigenvalue weighted by atomic mass is 9.72. The molecule has 0 spiro atoms. The van der Waals surface area contributed by atoms with Gasteiger partial charge in [-0.2, -0.15) is 0 Å². The number of hydrogen-bond donors (Lipinski definition) is 7. The van der Waals surface area contributed by atoms with E-state index in [9.17, 15) is 30.3 Å². The van der Waals surface area contributed by atoms with Gasteiger partial charge in [-0.3, -0.25) is 10.2 Å². The van der Waals surface area contributed by atoms with Crippen molar-refractivity contribution in [3.8, 4) is 17.2 Å². The number of benzene rings is 2. The Labute approximate surface area is 218 Å². The van der Waals surface area contributed by atoms with Gasteiger partial charge in [0.15, 0.2) is 5.78 Å². The first-order valence-corrected chi connectivity index (χ1v) is 12.5. The van der Waals surface area contributed by atoms with Gasteiger partial charge >= 0.3 is 0 Å². The molecule has 0 saturated carbocycles. The van der Waals surface area contributed by atoms with Gasteiger partial charge in [0, 0.05) is 36.1 Å². The monoisotopic (exact) mass is 528 g/mol. The average Bonchev–Trinajstić information content (AvgIpc) is 2.88. The molecular formula is C27H32N2O9. The third-order valence-corrected chi connectivity index (χ3v) is 7.94. The van der Waals surface area contributed by atoms with E-state index in [1.807, 2.05) is 0 Å². The number of aliphatic hydroxyl groups is 3. The molecule has 204 valence electrons. The zero-order valence-corrected chi connectivity index (χ0v) is 21.1. The minimum atomic E-state index is -1.54. The Balaban J connectivity index is 1.68. The zero-order chi connectivity index (χ0) is 27.5. The number of nitrogens with one attached hydrogen (secondary N) is 1. The number of hydrogen-bond acceptors (Lipinski definition) is 11. The summed E-state index contributed by atoms with van der Waals surface area (Å²) in [5.74, 6) is -1.24. The quantitative estimate of drug-likeness (QED) is 0.231. The van der Waals surface area contributed by atoms with Crippen molar-refractivity contribution in [2.24, 2.45) is 5.73 Å². The molecule has 0 bridgehead atoms. The predicted octanol–water partition coefficient (Wildman–Crippen LogP) is 0.660. The summed E-state index contributed by atoms with van der Waals surface area (Å²) in [6, 6.07) is 3.87. The van der Waals surface area contributed by atoms with Crippen LogP contribution < -0.4 is 10.5 Å². The van der Waals surface area contributed by atoms with E-state index in [4.69, 9.17) is 25.4 Å². The number of nitrogens with two attached hydrogens (primary N) is 1. The Morgan fingerprint density at radius 3 is 2.63 bits per heavy atom. The van der Waals surface area contributed by atoms with Crippen molar-refractivity contribution < 1.29 is 44.5 Å². The maximum atomic E-state index is 13.6. The number of carbonyl (C=O) groups is 1. The molecule has 6 atom stereocenters. The summed E-state index contributed by atoms with van der Waals surface area (Å²) in [4.78, 5) is 13.6. The van der Waals surface area contributed by atoms with Crippen LogP contribution in [0.25, 0.3) is 0 Å². The van der Waals surface area contributed by atoms with E-state index < -0.39 is 53.3 Å². The van der Waals surface area contributed by atoms with Crippen LogP contribution in [0.5, 0.6) is 17.2 Å². The maximum absolute atomic E-state index is 13.6. The van der Waals surface area contributed by atoms with Gasteiger partial charge in [-0.25, -0.2) is 0 Å². The number of rotatable bonds is 5. The first kappa shape index (κ1) is 26.5. The third-order valence-electron chi connectivity index (χ3n) is 7.94. The molecule has 0 radical (unpaired) electrons. The zero-order valence-electron chi connectivity index (χ0n) is 21.1. The number of carbonyl (C=O) groups excluding carboxylic acids is 1. The highest BCUT2D eigenvalue weighted by atomic mass is 16.6. The van der Waals surface area contributed by atoms with E-state index in [1.54, 1.807) is 19.1 Å². The van der Waals surface area contributed by atoms with Crippen molar-refractivity contribution in [2.45, 2.75) is 62.2 Å². The highest BCUT2D eigenvalue weighted by molar-refractivity contribution is 6.32. The van der Waals surface area contributed by atoms with Gasteiger partial charge in [0.1, 0.15) is 17.2 Å². The third kappa shape index (κ3) is 3.98. The summed E-state index contributed by atoms with van der Waals surface area (Å²) in [6.45, 7) is 1.37. The van der Waals surface area contributed by atoms with Crippen molar-refractivity contribution in [1.29, 1.82) is 5.41 Å². The van der Waals surface area contributed by atoms with Gasteiger partial charge in [-0.15, -0.1) is 0 Å². The van der Waals surface area contributed by atoms with Gasteiger partial charge in [0.25, 0.3) is 0 Å². The fourth-order valence-corrected chi connectivity index (χ4v) is 5.88. The van der Waals surface area contributed by atoms with Gasteiger partial charge in [-0.05, 0) is 19.4 Å². The molecule has 1 saturated heterocycles. The number of ketones is 1. The van der Waals surface area contributed by atoms with Crippen molar-refractivity contribution in [2.75, 3.05) is 20.3 Å². The summed E-state index contributed by atoms with van der Waals surface area (Å²) in [7, 11) is 1.41. The SMILES string of the molecule is COc1cccc2c1C(=N)c1c(O)c3c(c(O)c1C2=O)C[C@@](O)(CCO)C[C@@H]3OC1COC(C)C(O)C1N. The van der Waals surface area contributed by atoms with Crippen molar-refractivity contribution >= 4 is 11.5 Å². The summed E-state index contributed by atoms with van der Waals surface area (Å²) in [5.41, 5.74) is 4.58. The topological polar surface area (TPSA) is 196 Å². The number of aliphatic hydroxyl groups excluding tert-OH is 2. The lowest BCUT2D eigenvalue weighted by molar-refractivity contribution is -0.174. The fraction of sp³-hybridized carbons (Fsp3) is 0.481. The first-order chi connectivity index (χ1) is 18.0. The fourth-order valence-electron chi connectivity index (χ4n) is 5.88. The van der Waals surface area contributed by atoms with Gasteiger partial charge < -0.3 is 45.5 Å². The number of ether oxygens (including phenoxy) is 3. The second-order valence-corrected chi connectivity index (χ2v) is 10.3. The summed E-state index contributed by atoms with van der Waals surface area (Å²) in [6.07, 6.45) is -3.73. The Hall–Kier alpha value is -3.06. The molecule has 5 rings (SSSR count). The van der Waals surface area contributed by atoms with Crippen molar-refractivity contribution in [3.05, 3.63) is 51.6 Å². The Morgan fingerprint density at radius 2 is 1.95 bits per heavy atom. The molecule has 0 amide bonds. The Bertz CT molecular complexity index is 1310. The van der Waals surface area contributed by atoms with E-state index in [0.717, 1.165) is 0 Å². The van der Waals surface area contributed by atoms with E-state index in [-0.39, 0.29) is 77.3 Å². The number of methoxy groups -OCH3 is 1. The average molecular weight is 529 g/mol. The highest BCUT2D eigenvalue weighted by Gasteiger charge is 2.47. The molecular weight excluding hydrogens is 496 g/mol. The molecule has 2 aromatic rings. The van der Waals surface area contributed by atoms with E-state index in [1.165, 1.54) is 13.2 Å². The largest absolute Gasteiger partial charge is 0.507 e. The molecule has 1 fully saturated rings. The molecule has 2 aliphatic carbocycles. The molecule has 1 heterocycles. The number of phenolic OH excluding ortho intramolecular Hbond substituents is 2. The standard InChI is InChI=1S/C27H32N2O9/c1-11-23(31)21(28)16(10-37-11)38-15-9-27(35,6-7-30)8-13-18(15)26(34)19-20(25(13)33)24(32)12-4-3-5-14(36-2)17(12)22(19)29/h3-5,11,15-16,21,23,29-31,33-35H,6-10,28H2,1-2H3/t11?,15-,16?,21?,23?,27-/m0/s1. The minimum Gasteiger partial charge on any atom is -0.507 e. The second kappa shape index (κ2) is 9.60. The Kier molecular flexibility index (Phi) is 6.70. The van der Waals surface area contributed by atoms with Crippen LogP contribution in [0.2, 0.25) is 0 Å². The molecule has 3 aliphatic rings. The Morgan fingerprint density at radius 1 is 1.21 bits per heavy atom. The highest BCUT2D eigenvalue weighted by Crippen LogP contribution is 2.52.